The number of aromatic amines is 1. The molecule has 2 N–H and O–H groups in total. The second kappa shape index (κ2) is 7.97. The van der Waals surface area contributed by atoms with E-state index < -0.39 is 0 Å². The Bertz CT molecular complexity index is 925. The van der Waals surface area contributed by atoms with E-state index in [9.17, 15) is 4.79 Å². The minimum absolute atomic E-state index is 0.300. The molecule has 0 unspecified atom stereocenters. The molecule has 0 saturated heterocycles. The van der Waals surface area contributed by atoms with Gasteiger partial charge in [-0.25, -0.2) is 5.43 Å². The van der Waals surface area contributed by atoms with Crippen molar-refractivity contribution in [1.29, 1.82) is 0 Å². The van der Waals surface area contributed by atoms with Gasteiger partial charge in [0.25, 0.3) is 5.91 Å². The third kappa shape index (κ3) is 4.18. The van der Waals surface area contributed by atoms with Crippen LogP contribution in [0.4, 0.5) is 0 Å². The van der Waals surface area contributed by atoms with Crippen molar-refractivity contribution in [3.63, 3.8) is 0 Å². The molecular weight excluding hydrogens is 348 g/mol. The fourth-order valence-electron chi connectivity index (χ4n) is 2.36. The summed E-state index contributed by atoms with van der Waals surface area (Å²) < 4.78 is 5.42. The maximum atomic E-state index is 12.3. The van der Waals surface area contributed by atoms with Crippen LogP contribution in [0.1, 0.15) is 34.8 Å². The highest BCUT2D eigenvalue weighted by atomic mass is 32.1. The van der Waals surface area contributed by atoms with Crippen molar-refractivity contribution >= 4 is 23.0 Å². The first-order valence-electron chi connectivity index (χ1n) is 8.27. The number of benzene rings is 1. The van der Waals surface area contributed by atoms with Gasteiger partial charge in [0.2, 0.25) is 0 Å². The molecule has 0 fully saturated rings. The van der Waals surface area contributed by atoms with Gasteiger partial charge in [0.05, 0.1) is 22.9 Å². The standard InChI is InChI=1S/C19H20N4O2S/c1-4-25-15-8-6-14(7-9-15)13(3)20-23-19(24)17-11-16(21-22-17)18-10-5-12(2)26-18/h5-11H,4H2,1-3H3,(H,21,22)(H,23,24)/b20-13+. The summed E-state index contributed by atoms with van der Waals surface area (Å²) in [6, 6.07) is 13.3. The minimum Gasteiger partial charge on any atom is -0.494 e. The lowest BCUT2D eigenvalue weighted by Gasteiger charge is -2.05. The highest BCUT2D eigenvalue weighted by Crippen LogP contribution is 2.26. The van der Waals surface area contributed by atoms with Gasteiger partial charge in [0, 0.05) is 4.88 Å². The predicted octanol–water partition coefficient (Wildman–Crippen LogP) is 4.00. The minimum atomic E-state index is -0.355. The second-order valence-corrected chi connectivity index (χ2v) is 6.96. The molecule has 6 nitrogen and oxygen atoms in total. The molecule has 0 aliphatic carbocycles. The lowest BCUT2D eigenvalue weighted by atomic mass is 10.1. The summed E-state index contributed by atoms with van der Waals surface area (Å²) in [6.45, 7) is 6.44. The second-order valence-electron chi connectivity index (χ2n) is 5.67. The van der Waals surface area contributed by atoms with Crippen molar-refractivity contribution in [2.45, 2.75) is 20.8 Å². The Morgan fingerprint density at radius 3 is 2.69 bits per heavy atom. The molecule has 0 radical (unpaired) electrons. The molecule has 2 aromatic heterocycles. The molecule has 1 aromatic carbocycles. The topological polar surface area (TPSA) is 79.4 Å². The smallest absolute Gasteiger partial charge is 0.291 e. The van der Waals surface area contributed by atoms with Crippen molar-refractivity contribution in [3.8, 4) is 16.3 Å². The quantitative estimate of drug-likeness (QED) is 0.510. The third-order valence-corrected chi connectivity index (χ3v) is 4.76. The van der Waals surface area contributed by atoms with Crippen LogP contribution >= 0.6 is 11.3 Å². The normalized spacial score (nSPS) is 11.4. The maximum Gasteiger partial charge on any atom is 0.291 e. The SMILES string of the molecule is CCOc1ccc(/C(C)=N/NC(=O)c2cc(-c3ccc(C)s3)[nH]n2)cc1. The Kier molecular flexibility index (Phi) is 5.48. The summed E-state index contributed by atoms with van der Waals surface area (Å²) in [5.74, 6) is 0.451. The number of carbonyl (C=O) groups is 1. The van der Waals surface area contributed by atoms with Gasteiger partial charge in [-0.2, -0.15) is 10.2 Å². The van der Waals surface area contributed by atoms with Crippen LogP contribution < -0.4 is 10.2 Å². The summed E-state index contributed by atoms with van der Waals surface area (Å²) in [4.78, 5) is 14.5. The average molecular weight is 368 g/mol. The van der Waals surface area contributed by atoms with E-state index in [1.165, 1.54) is 4.88 Å². The molecule has 0 aliphatic heterocycles. The highest BCUT2D eigenvalue weighted by Gasteiger charge is 2.12. The Morgan fingerprint density at radius 1 is 1.27 bits per heavy atom. The van der Waals surface area contributed by atoms with Crippen LogP contribution in [0.15, 0.2) is 47.6 Å². The lowest BCUT2D eigenvalue weighted by Crippen LogP contribution is -2.19. The van der Waals surface area contributed by atoms with Crippen LogP contribution in [0.5, 0.6) is 5.75 Å². The van der Waals surface area contributed by atoms with E-state index in [1.54, 1.807) is 17.4 Å². The molecule has 26 heavy (non-hydrogen) atoms. The molecule has 0 saturated carbocycles. The van der Waals surface area contributed by atoms with Gasteiger partial charge in [-0.3, -0.25) is 9.89 Å². The van der Waals surface area contributed by atoms with Crippen molar-refractivity contribution in [1.82, 2.24) is 15.6 Å². The molecule has 0 aliphatic rings. The Morgan fingerprint density at radius 2 is 2.04 bits per heavy atom. The fourth-order valence-corrected chi connectivity index (χ4v) is 3.19. The van der Waals surface area contributed by atoms with Gasteiger partial charge in [-0.1, -0.05) is 0 Å². The number of nitrogens with zero attached hydrogens (tertiary/aromatic N) is 2. The molecule has 1 amide bonds. The molecule has 0 bridgehead atoms. The van der Waals surface area contributed by atoms with Gasteiger partial charge in [-0.05, 0) is 68.8 Å². The maximum absolute atomic E-state index is 12.3. The fraction of sp³-hybridized carbons (Fsp3) is 0.211. The first kappa shape index (κ1) is 17.9. The summed E-state index contributed by atoms with van der Waals surface area (Å²) in [7, 11) is 0. The summed E-state index contributed by atoms with van der Waals surface area (Å²) in [6.07, 6.45) is 0. The van der Waals surface area contributed by atoms with Gasteiger partial charge < -0.3 is 4.74 Å². The molecule has 0 spiro atoms. The average Bonchev–Trinajstić information content (AvgIpc) is 3.29. The van der Waals surface area contributed by atoms with E-state index in [0.717, 1.165) is 21.9 Å². The van der Waals surface area contributed by atoms with E-state index >= 15 is 0 Å². The number of nitrogens with one attached hydrogen (secondary N) is 2. The van der Waals surface area contributed by atoms with Crippen LogP contribution in [0.25, 0.3) is 10.6 Å². The van der Waals surface area contributed by atoms with Crippen LogP contribution in [0.3, 0.4) is 0 Å². The van der Waals surface area contributed by atoms with Crippen molar-refractivity contribution in [3.05, 3.63) is 58.6 Å². The molecule has 0 atom stereocenters. The molecule has 3 rings (SSSR count). The van der Waals surface area contributed by atoms with Gasteiger partial charge in [0.1, 0.15) is 5.75 Å². The number of hydrazone groups is 1. The van der Waals surface area contributed by atoms with Crippen LogP contribution in [0, 0.1) is 6.92 Å². The van der Waals surface area contributed by atoms with Crippen LogP contribution in [-0.2, 0) is 0 Å². The Labute approximate surface area is 155 Å². The molecule has 3 aromatic rings. The monoisotopic (exact) mass is 368 g/mol. The van der Waals surface area contributed by atoms with E-state index in [4.69, 9.17) is 4.74 Å². The zero-order valence-corrected chi connectivity index (χ0v) is 15.7. The molecule has 7 heteroatoms. The molecule has 134 valence electrons. The Hall–Kier alpha value is -2.93. The van der Waals surface area contributed by atoms with E-state index in [-0.39, 0.29) is 5.91 Å². The van der Waals surface area contributed by atoms with Crippen LogP contribution in [-0.4, -0.2) is 28.4 Å². The zero-order valence-electron chi connectivity index (χ0n) is 14.9. The van der Waals surface area contributed by atoms with Gasteiger partial charge >= 0.3 is 0 Å². The highest BCUT2D eigenvalue weighted by molar-refractivity contribution is 7.15. The molecule has 2 heterocycles. The summed E-state index contributed by atoms with van der Waals surface area (Å²) in [5.41, 5.74) is 5.27. The predicted molar refractivity (Wildman–Crippen MR) is 104 cm³/mol. The summed E-state index contributed by atoms with van der Waals surface area (Å²) in [5, 5.41) is 11.1. The number of hydrogen-bond acceptors (Lipinski definition) is 5. The van der Waals surface area contributed by atoms with Gasteiger partial charge in [0.15, 0.2) is 5.69 Å². The van der Waals surface area contributed by atoms with E-state index in [2.05, 4.69) is 20.7 Å². The lowest BCUT2D eigenvalue weighted by molar-refractivity contribution is 0.0950. The number of carbonyl (C=O) groups excluding carboxylic acids is 1. The number of aryl methyl sites for hydroxylation is 1. The third-order valence-electron chi connectivity index (χ3n) is 3.72. The number of amides is 1. The van der Waals surface area contributed by atoms with Crippen molar-refractivity contribution < 1.29 is 9.53 Å². The summed E-state index contributed by atoms with van der Waals surface area (Å²) >= 11 is 1.65. The number of aromatic nitrogens is 2. The zero-order chi connectivity index (χ0) is 18.5. The van der Waals surface area contributed by atoms with Crippen molar-refractivity contribution in [2.75, 3.05) is 6.61 Å². The van der Waals surface area contributed by atoms with E-state index in [0.29, 0.717) is 18.0 Å². The number of ether oxygens (including phenoxy) is 1. The molecular formula is C19H20N4O2S. The van der Waals surface area contributed by atoms with Crippen molar-refractivity contribution in [2.24, 2.45) is 5.10 Å². The number of rotatable bonds is 6. The first-order valence-corrected chi connectivity index (χ1v) is 9.08. The Balaban J connectivity index is 1.66. The van der Waals surface area contributed by atoms with Gasteiger partial charge in [-0.15, -0.1) is 11.3 Å². The number of H-pyrrole nitrogens is 1. The largest absolute Gasteiger partial charge is 0.494 e. The number of thiophene rings is 1. The first-order chi connectivity index (χ1) is 12.6. The van der Waals surface area contributed by atoms with E-state index in [1.807, 2.05) is 57.2 Å². The van der Waals surface area contributed by atoms with Crippen LogP contribution in [0.2, 0.25) is 0 Å². The number of hydrogen-bond donors (Lipinski definition) is 2.